The van der Waals surface area contributed by atoms with Crippen LogP contribution >= 0.6 is 0 Å². The number of rotatable bonds is 16. The number of benzene rings is 5. The molecule has 0 bridgehead atoms. The standard InChI is InChI=1S/C13H20.C12H16F2.2C12H17F.C12H18.2C11H17N.C10H16N2/c1-9(2)12-6-7-13(10(3)4)11(5)8-12;1-7(2)9-5-6-10(8(3)4)12(14)11(9)13;2*1-8(2)10-5-6-11(9(3)4)12(13)7-10;1-9(2)11-5-7-12(8-6-11)10(3)4;2*1-8(2)10-5-6-11(9(3)4)12-7-10;1-7(2)9-5-11-10(8(3)4)12-6-9/h6-10H,1-5H3;5-8H,1-4H3;2*5-9H,1-4H3;5-10H,1-4H3;2*5-9H,1-4H3;5-8H,1-4H3. The minimum Gasteiger partial charge on any atom is -0.261 e. The van der Waals surface area contributed by atoms with Crippen molar-refractivity contribution in [1.82, 2.24) is 19.9 Å². The normalized spacial score (nSPS) is 11.3. The highest BCUT2D eigenvalue weighted by Crippen LogP contribution is 2.30. The maximum atomic E-state index is 13.5. The molecule has 0 amide bonds. The summed E-state index contributed by atoms with van der Waals surface area (Å²) in [4.78, 5) is 17.4. The summed E-state index contributed by atoms with van der Waals surface area (Å²) in [7, 11) is 0. The summed E-state index contributed by atoms with van der Waals surface area (Å²) in [5, 5.41) is 0. The smallest absolute Gasteiger partial charge is 0.162 e. The van der Waals surface area contributed by atoms with E-state index in [1.54, 1.807) is 24.3 Å². The highest BCUT2D eigenvalue weighted by molar-refractivity contribution is 5.35. The molecule has 0 N–H and O–H groups in total. The molecule has 558 valence electrons. The molecule has 0 aliphatic rings. The van der Waals surface area contributed by atoms with Gasteiger partial charge in [0.1, 0.15) is 17.5 Å². The fourth-order valence-electron chi connectivity index (χ4n) is 10.3. The van der Waals surface area contributed by atoms with Gasteiger partial charge in [-0.15, -0.1) is 0 Å². The fourth-order valence-corrected chi connectivity index (χ4v) is 10.3. The van der Waals surface area contributed by atoms with Gasteiger partial charge < -0.3 is 0 Å². The Morgan fingerprint density at radius 2 is 0.446 bits per heavy atom. The van der Waals surface area contributed by atoms with Gasteiger partial charge in [0, 0.05) is 42.1 Å². The van der Waals surface area contributed by atoms with E-state index in [9.17, 15) is 17.6 Å². The number of nitrogens with zero attached hydrogens (tertiary/aromatic N) is 4. The average molecular weight is 1390 g/mol. The van der Waals surface area contributed by atoms with Crippen molar-refractivity contribution in [2.45, 2.75) is 323 Å². The summed E-state index contributed by atoms with van der Waals surface area (Å²) in [5.74, 6) is 6.52. The fraction of sp³-hybridized carbons (Fsp3) is 0.527. The summed E-state index contributed by atoms with van der Waals surface area (Å²) >= 11 is 0. The molecule has 8 aromatic rings. The van der Waals surface area contributed by atoms with E-state index in [2.05, 4.69) is 260 Å². The van der Waals surface area contributed by atoms with Gasteiger partial charge in [-0.05, 0) is 198 Å². The van der Waals surface area contributed by atoms with Gasteiger partial charge in [-0.25, -0.2) is 27.5 Å². The van der Waals surface area contributed by atoms with Crippen LogP contribution in [0.25, 0.3) is 0 Å². The van der Waals surface area contributed by atoms with Crippen molar-refractivity contribution >= 4 is 0 Å². The van der Waals surface area contributed by atoms with Gasteiger partial charge in [-0.1, -0.05) is 313 Å². The number of aryl methyl sites for hydroxylation is 1. The van der Waals surface area contributed by atoms with Crippen LogP contribution in [0.1, 0.15) is 411 Å². The second kappa shape index (κ2) is 46.0. The molecule has 4 nitrogen and oxygen atoms in total. The van der Waals surface area contributed by atoms with Crippen LogP contribution in [0.2, 0.25) is 0 Å². The first-order valence-corrected chi connectivity index (χ1v) is 37.9. The molecule has 0 fully saturated rings. The Hall–Kier alpha value is -6.80. The van der Waals surface area contributed by atoms with E-state index in [1.807, 2.05) is 104 Å². The number of pyridine rings is 2. The van der Waals surface area contributed by atoms with E-state index >= 15 is 0 Å². The van der Waals surface area contributed by atoms with Crippen LogP contribution in [-0.2, 0) is 0 Å². The molecule has 0 atom stereocenters. The second-order valence-corrected chi connectivity index (χ2v) is 32.1. The molecule has 0 saturated heterocycles. The first kappa shape index (κ1) is 92.2. The molecule has 101 heavy (non-hydrogen) atoms. The van der Waals surface area contributed by atoms with Crippen LogP contribution in [0.5, 0.6) is 0 Å². The summed E-state index contributed by atoms with van der Waals surface area (Å²) in [5.41, 5.74) is 18.1. The molecule has 0 spiro atoms. The van der Waals surface area contributed by atoms with E-state index in [-0.39, 0.29) is 35.3 Å². The number of halogens is 4. The van der Waals surface area contributed by atoms with Crippen LogP contribution in [0.15, 0.2) is 140 Å². The first-order valence-electron chi connectivity index (χ1n) is 37.9. The van der Waals surface area contributed by atoms with Gasteiger partial charge in [0.05, 0.1) is 0 Å². The molecule has 8 heteroatoms. The Kier molecular flexibility index (Phi) is 42.0. The lowest BCUT2D eigenvalue weighted by Crippen LogP contribution is -2.02. The largest absolute Gasteiger partial charge is 0.261 e. The zero-order valence-corrected chi connectivity index (χ0v) is 69.3. The molecular formula is C93H138F4N4. The molecule has 0 aliphatic heterocycles. The molecule has 5 aromatic carbocycles. The number of hydrogen-bond acceptors (Lipinski definition) is 4. The summed E-state index contributed by atoms with van der Waals surface area (Å²) < 4.78 is 53.9. The van der Waals surface area contributed by atoms with E-state index in [0.717, 1.165) is 28.1 Å². The van der Waals surface area contributed by atoms with Crippen molar-refractivity contribution in [2.24, 2.45) is 0 Å². The molecule has 0 radical (unpaired) electrons. The van der Waals surface area contributed by atoms with E-state index in [1.165, 1.54) is 55.9 Å². The van der Waals surface area contributed by atoms with Crippen molar-refractivity contribution in [1.29, 1.82) is 0 Å². The quantitative estimate of drug-likeness (QED) is 0.0905. The molecule has 8 rings (SSSR count). The molecular weight excluding hydrogens is 1250 g/mol. The number of aromatic nitrogens is 4. The van der Waals surface area contributed by atoms with Gasteiger partial charge >= 0.3 is 0 Å². The minimum absolute atomic E-state index is 0.0192. The Morgan fingerprint density at radius 3 is 0.663 bits per heavy atom. The van der Waals surface area contributed by atoms with Crippen LogP contribution in [-0.4, -0.2) is 19.9 Å². The Morgan fingerprint density at radius 1 is 0.208 bits per heavy atom. The maximum Gasteiger partial charge on any atom is 0.162 e. The Balaban J connectivity index is 0.000000577. The van der Waals surface area contributed by atoms with Crippen molar-refractivity contribution in [3.8, 4) is 0 Å². The van der Waals surface area contributed by atoms with Gasteiger partial charge in [0.2, 0.25) is 0 Å². The van der Waals surface area contributed by atoms with Gasteiger partial charge in [-0.3, -0.25) is 9.97 Å². The second-order valence-electron chi connectivity index (χ2n) is 32.1. The van der Waals surface area contributed by atoms with Gasteiger partial charge in [-0.2, -0.15) is 0 Å². The molecule has 0 unspecified atom stereocenters. The molecule has 3 heterocycles. The van der Waals surface area contributed by atoms with E-state index in [0.29, 0.717) is 82.1 Å². The summed E-state index contributed by atoms with van der Waals surface area (Å²) in [6, 6.07) is 38.9. The van der Waals surface area contributed by atoms with Crippen LogP contribution in [0, 0.1) is 30.2 Å². The molecule has 0 aliphatic carbocycles. The van der Waals surface area contributed by atoms with Crippen molar-refractivity contribution < 1.29 is 17.6 Å². The van der Waals surface area contributed by atoms with Crippen molar-refractivity contribution in [3.63, 3.8) is 0 Å². The van der Waals surface area contributed by atoms with E-state index < -0.39 is 11.6 Å². The highest BCUT2D eigenvalue weighted by atomic mass is 19.2. The van der Waals surface area contributed by atoms with Crippen molar-refractivity contribution in [2.75, 3.05) is 0 Å². The van der Waals surface area contributed by atoms with Crippen LogP contribution < -0.4 is 0 Å². The minimum atomic E-state index is -0.689. The third kappa shape index (κ3) is 33.0. The SMILES string of the molecule is CC(C)c1ccc(C(C)C)c(F)c1.CC(C)c1ccc(C(C)C)c(F)c1.CC(C)c1ccc(C(C)C)c(F)c1F.CC(C)c1ccc(C(C)C)cc1.CC(C)c1ccc(C(C)C)nc1.CC(C)c1ccc(C(C)C)nc1.CC(C)c1cnc(C(C)C)nc1.Cc1cc(C(C)C)ccc1C(C)C. The summed E-state index contributed by atoms with van der Waals surface area (Å²) in [6.07, 6.45) is 7.82. The third-order valence-electron chi connectivity index (χ3n) is 17.9. The lowest BCUT2D eigenvalue weighted by molar-refractivity contribution is 0.480. The third-order valence-corrected chi connectivity index (χ3v) is 17.9. The highest BCUT2D eigenvalue weighted by Gasteiger charge is 2.18. The predicted molar refractivity (Wildman–Crippen MR) is 433 cm³/mol. The van der Waals surface area contributed by atoms with Crippen LogP contribution in [0.3, 0.4) is 0 Å². The summed E-state index contributed by atoms with van der Waals surface area (Å²) in [6.45, 7) is 69.7. The lowest BCUT2D eigenvalue weighted by Gasteiger charge is -2.13. The zero-order chi connectivity index (χ0) is 77.5. The topological polar surface area (TPSA) is 51.6 Å². The van der Waals surface area contributed by atoms with Crippen LogP contribution in [0.4, 0.5) is 17.6 Å². The monoisotopic (exact) mass is 1390 g/mol. The maximum absolute atomic E-state index is 13.5. The first-order chi connectivity index (χ1) is 46.9. The average Bonchev–Trinajstić information content (AvgIpc) is 0.812. The van der Waals surface area contributed by atoms with Gasteiger partial charge in [0.15, 0.2) is 11.6 Å². The van der Waals surface area contributed by atoms with E-state index in [4.69, 9.17) is 0 Å². The Bertz CT molecular complexity index is 3040. The zero-order valence-electron chi connectivity index (χ0n) is 69.3. The Labute approximate surface area is 615 Å². The number of hydrogen-bond donors (Lipinski definition) is 0. The lowest BCUT2D eigenvalue weighted by atomic mass is 9.93. The predicted octanol–water partition coefficient (Wildman–Crippen LogP) is 29.9. The van der Waals surface area contributed by atoms with Crippen molar-refractivity contribution in [3.05, 3.63) is 258 Å². The molecule has 0 saturated carbocycles. The molecule has 3 aromatic heterocycles. The van der Waals surface area contributed by atoms with Gasteiger partial charge in [0.25, 0.3) is 0 Å².